The van der Waals surface area contributed by atoms with Crippen molar-refractivity contribution in [1.29, 1.82) is 0 Å². The van der Waals surface area contributed by atoms with Crippen molar-refractivity contribution in [3.8, 4) is 10.6 Å². The summed E-state index contributed by atoms with van der Waals surface area (Å²) in [5, 5.41) is 5.15. The lowest BCUT2D eigenvalue weighted by Crippen LogP contribution is -1.61. The van der Waals surface area contributed by atoms with Crippen molar-refractivity contribution in [2.75, 3.05) is 0 Å². The first-order valence-electron chi connectivity index (χ1n) is 4.75. The number of aromatic nitrogens is 1. The normalized spacial score (nSPS) is 11.0. The molecular weight excluding hydrogens is 206 g/mol. The third-order valence-corrected chi connectivity index (χ3v) is 3.43. The van der Waals surface area contributed by atoms with Gasteiger partial charge in [-0.2, -0.15) is 0 Å². The molecule has 0 atom stereocenters. The summed E-state index contributed by atoms with van der Waals surface area (Å²) >= 11 is 1.73. The number of fused-ring (bicyclic) bond motifs is 1. The van der Waals surface area contributed by atoms with Gasteiger partial charge in [-0.25, -0.2) is 0 Å². The van der Waals surface area contributed by atoms with Crippen molar-refractivity contribution >= 4 is 21.4 Å². The summed E-state index contributed by atoms with van der Waals surface area (Å²) in [7, 11) is 0. The van der Waals surface area contributed by atoms with Crippen molar-refractivity contribution in [3.63, 3.8) is 0 Å². The van der Waals surface area contributed by atoms with Gasteiger partial charge in [-0.05, 0) is 24.4 Å². The fraction of sp³-hybridized carbons (Fsp3) is 0.0833. The van der Waals surface area contributed by atoms with Gasteiger partial charge in [0.2, 0.25) is 0 Å². The Bertz CT molecular complexity index is 576. The first kappa shape index (κ1) is 8.68. The van der Waals surface area contributed by atoms with Crippen LogP contribution < -0.4 is 0 Å². The van der Waals surface area contributed by atoms with Crippen molar-refractivity contribution in [2.24, 2.45) is 0 Å². The second kappa shape index (κ2) is 3.21. The van der Waals surface area contributed by atoms with Crippen molar-refractivity contribution in [3.05, 3.63) is 42.1 Å². The summed E-state index contributed by atoms with van der Waals surface area (Å²) in [4.78, 5) is 1.14. The van der Waals surface area contributed by atoms with E-state index in [1.807, 2.05) is 25.1 Å². The molecule has 0 amide bonds. The standard InChI is InChI=1S/C12H9NOS/c1-8-6-10(14-13-8)12-7-9-4-2-3-5-11(9)15-12/h2-7H,1H3. The van der Waals surface area contributed by atoms with E-state index in [1.54, 1.807) is 11.3 Å². The van der Waals surface area contributed by atoms with Crippen LogP contribution in [0.3, 0.4) is 0 Å². The Labute approximate surface area is 91.1 Å². The molecule has 0 fully saturated rings. The number of benzene rings is 1. The summed E-state index contributed by atoms with van der Waals surface area (Å²) in [6.45, 7) is 1.93. The van der Waals surface area contributed by atoms with Crippen LogP contribution >= 0.6 is 11.3 Å². The summed E-state index contributed by atoms with van der Waals surface area (Å²) in [6, 6.07) is 12.4. The van der Waals surface area contributed by atoms with Crippen LogP contribution in [-0.2, 0) is 0 Å². The van der Waals surface area contributed by atoms with Gasteiger partial charge < -0.3 is 4.52 Å². The molecule has 1 aromatic carbocycles. The highest BCUT2D eigenvalue weighted by atomic mass is 32.1. The van der Waals surface area contributed by atoms with Gasteiger partial charge in [0.15, 0.2) is 5.76 Å². The van der Waals surface area contributed by atoms with Gasteiger partial charge in [-0.15, -0.1) is 11.3 Å². The van der Waals surface area contributed by atoms with Crippen molar-refractivity contribution in [2.45, 2.75) is 6.92 Å². The van der Waals surface area contributed by atoms with Crippen LogP contribution in [0, 0.1) is 6.92 Å². The number of thiophene rings is 1. The molecule has 0 radical (unpaired) electrons. The van der Waals surface area contributed by atoms with E-state index in [2.05, 4.69) is 23.4 Å². The van der Waals surface area contributed by atoms with Crippen molar-refractivity contribution in [1.82, 2.24) is 5.16 Å². The van der Waals surface area contributed by atoms with Gasteiger partial charge in [0.25, 0.3) is 0 Å². The molecule has 2 aromatic heterocycles. The van der Waals surface area contributed by atoms with Crippen LogP contribution in [0.15, 0.2) is 40.9 Å². The van der Waals surface area contributed by atoms with E-state index < -0.39 is 0 Å². The molecule has 0 aliphatic rings. The van der Waals surface area contributed by atoms with Crippen LogP contribution in [-0.4, -0.2) is 5.16 Å². The smallest absolute Gasteiger partial charge is 0.177 e. The minimum atomic E-state index is 0.855. The highest BCUT2D eigenvalue weighted by molar-refractivity contribution is 7.22. The monoisotopic (exact) mass is 215 g/mol. The predicted octanol–water partition coefficient (Wildman–Crippen LogP) is 3.86. The zero-order valence-electron chi connectivity index (χ0n) is 8.23. The van der Waals surface area contributed by atoms with Gasteiger partial charge in [-0.3, -0.25) is 0 Å². The Balaban J connectivity index is 2.19. The van der Waals surface area contributed by atoms with E-state index in [-0.39, 0.29) is 0 Å². The summed E-state index contributed by atoms with van der Waals surface area (Å²) in [5.74, 6) is 0.855. The number of hydrogen-bond donors (Lipinski definition) is 0. The number of nitrogens with zero attached hydrogens (tertiary/aromatic N) is 1. The summed E-state index contributed by atoms with van der Waals surface area (Å²) in [5.41, 5.74) is 0.919. The maximum atomic E-state index is 5.24. The average Bonchev–Trinajstić information content (AvgIpc) is 2.82. The van der Waals surface area contributed by atoms with Gasteiger partial charge in [0.05, 0.1) is 10.6 Å². The first-order chi connectivity index (χ1) is 7.33. The molecule has 0 bridgehead atoms. The van der Waals surface area contributed by atoms with E-state index in [0.29, 0.717) is 0 Å². The van der Waals surface area contributed by atoms with E-state index in [1.165, 1.54) is 10.1 Å². The fourth-order valence-electron chi connectivity index (χ4n) is 1.58. The molecule has 0 aliphatic heterocycles. The number of rotatable bonds is 1. The maximum absolute atomic E-state index is 5.24. The topological polar surface area (TPSA) is 26.0 Å². The Kier molecular flexibility index (Phi) is 1.86. The van der Waals surface area contributed by atoms with Crippen LogP contribution in [0.5, 0.6) is 0 Å². The quantitative estimate of drug-likeness (QED) is 0.616. The second-order valence-electron chi connectivity index (χ2n) is 3.48. The lowest BCUT2D eigenvalue weighted by molar-refractivity contribution is 0.428. The molecule has 0 spiro atoms. The molecule has 3 heteroatoms. The molecule has 2 heterocycles. The third-order valence-electron chi connectivity index (χ3n) is 2.30. The Morgan fingerprint density at radius 2 is 2.07 bits per heavy atom. The van der Waals surface area contributed by atoms with Crippen LogP contribution in [0.1, 0.15) is 5.69 Å². The van der Waals surface area contributed by atoms with Crippen molar-refractivity contribution < 1.29 is 4.52 Å². The summed E-state index contributed by atoms with van der Waals surface area (Å²) < 4.78 is 6.52. The minimum Gasteiger partial charge on any atom is -0.355 e. The van der Waals surface area contributed by atoms with E-state index in [9.17, 15) is 0 Å². The highest BCUT2D eigenvalue weighted by Crippen LogP contribution is 2.33. The van der Waals surface area contributed by atoms with E-state index in [4.69, 9.17) is 4.52 Å². The zero-order chi connectivity index (χ0) is 10.3. The third kappa shape index (κ3) is 1.45. The van der Waals surface area contributed by atoms with E-state index in [0.717, 1.165) is 16.3 Å². The minimum absolute atomic E-state index is 0.855. The predicted molar refractivity (Wildman–Crippen MR) is 62.1 cm³/mol. The molecule has 3 rings (SSSR count). The SMILES string of the molecule is Cc1cc(-c2cc3ccccc3s2)on1. The van der Waals surface area contributed by atoms with Crippen LogP contribution in [0.2, 0.25) is 0 Å². The Morgan fingerprint density at radius 3 is 2.80 bits per heavy atom. The maximum Gasteiger partial charge on any atom is 0.177 e. The van der Waals surface area contributed by atoms with E-state index >= 15 is 0 Å². The Morgan fingerprint density at radius 1 is 1.20 bits per heavy atom. The largest absolute Gasteiger partial charge is 0.355 e. The molecule has 0 N–H and O–H groups in total. The average molecular weight is 215 g/mol. The van der Waals surface area contributed by atoms with Gasteiger partial charge in [0, 0.05) is 10.8 Å². The molecule has 0 saturated heterocycles. The molecule has 0 unspecified atom stereocenters. The summed E-state index contributed by atoms with van der Waals surface area (Å²) in [6.07, 6.45) is 0. The Hall–Kier alpha value is -1.61. The number of aryl methyl sites for hydroxylation is 1. The lowest BCUT2D eigenvalue weighted by atomic mass is 10.2. The second-order valence-corrected chi connectivity index (χ2v) is 4.56. The molecule has 74 valence electrons. The highest BCUT2D eigenvalue weighted by Gasteiger charge is 2.07. The fourth-order valence-corrected chi connectivity index (χ4v) is 2.59. The van der Waals surface area contributed by atoms with Crippen LogP contribution in [0.25, 0.3) is 20.7 Å². The lowest BCUT2D eigenvalue weighted by Gasteiger charge is -1.83. The molecule has 0 saturated carbocycles. The molecule has 0 aliphatic carbocycles. The van der Waals surface area contributed by atoms with Gasteiger partial charge in [0.1, 0.15) is 0 Å². The number of hydrogen-bond acceptors (Lipinski definition) is 3. The molecule has 3 aromatic rings. The molecule has 15 heavy (non-hydrogen) atoms. The molecular formula is C12H9NOS. The van der Waals surface area contributed by atoms with Gasteiger partial charge in [-0.1, -0.05) is 23.4 Å². The first-order valence-corrected chi connectivity index (χ1v) is 5.57. The van der Waals surface area contributed by atoms with Gasteiger partial charge >= 0.3 is 0 Å². The van der Waals surface area contributed by atoms with Crippen LogP contribution in [0.4, 0.5) is 0 Å². The zero-order valence-corrected chi connectivity index (χ0v) is 9.04. The molecule has 2 nitrogen and oxygen atoms in total.